The van der Waals surface area contributed by atoms with Gasteiger partial charge in [-0.25, -0.2) is 4.98 Å². The molecule has 1 unspecified atom stereocenters. The second-order valence-corrected chi connectivity index (χ2v) is 8.94. The number of hydrogen-bond donors (Lipinski definition) is 2. The smallest absolute Gasteiger partial charge is 0.239 e. The molecule has 29 heavy (non-hydrogen) atoms. The van der Waals surface area contributed by atoms with E-state index in [-0.39, 0.29) is 12.5 Å². The third-order valence-corrected chi connectivity index (χ3v) is 5.48. The Morgan fingerprint density at radius 2 is 1.97 bits per heavy atom. The molecule has 1 aromatic carbocycles. The summed E-state index contributed by atoms with van der Waals surface area (Å²) in [6, 6.07) is 8.08. The first-order valence-electron chi connectivity index (χ1n) is 10.9. The number of aromatic nitrogens is 1. The van der Waals surface area contributed by atoms with E-state index in [9.17, 15) is 4.79 Å². The van der Waals surface area contributed by atoms with Crippen molar-refractivity contribution in [2.45, 2.75) is 73.1 Å². The van der Waals surface area contributed by atoms with Crippen molar-refractivity contribution in [1.29, 1.82) is 0 Å². The fraction of sp³-hybridized carbons (Fsp3) is 0.583. The van der Waals surface area contributed by atoms with Gasteiger partial charge in [0.05, 0.1) is 12.2 Å². The van der Waals surface area contributed by atoms with Crippen LogP contribution in [0, 0.1) is 18.8 Å². The molecular weight excluding hydrogens is 378 g/mol. The van der Waals surface area contributed by atoms with E-state index in [1.54, 1.807) is 0 Å². The van der Waals surface area contributed by atoms with Crippen LogP contribution in [0.1, 0.15) is 71.8 Å². The standard InChI is InChI=1S/C12H13N3OS.C12H26/c1-8-3-2-4-9(5-8)10-7-17-12(14-10)15-11(16)6-13;1-5-7-9-12(8-6-2)10-11(3)4/h2-5,7H,6,13H2,1H3,(H,14,15,16);11-12H,5-10H2,1-4H3. The van der Waals surface area contributed by atoms with Gasteiger partial charge in [0.15, 0.2) is 5.13 Å². The van der Waals surface area contributed by atoms with E-state index in [2.05, 4.69) is 44.1 Å². The van der Waals surface area contributed by atoms with Gasteiger partial charge in [0.1, 0.15) is 0 Å². The number of unbranched alkanes of at least 4 members (excludes halogenated alkanes) is 1. The van der Waals surface area contributed by atoms with Gasteiger partial charge < -0.3 is 11.1 Å². The average Bonchev–Trinajstić information content (AvgIpc) is 3.15. The highest BCUT2D eigenvalue weighted by Crippen LogP contribution is 2.25. The number of nitrogens with two attached hydrogens (primary N) is 1. The Bertz CT molecular complexity index is 712. The molecule has 1 amide bonds. The predicted molar refractivity (Wildman–Crippen MR) is 127 cm³/mol. The topological polar surface area (TPSA) is 68.0 Å². The number of nitrogens with zero attached hydrogens (tertiary/aromatic N) is 1. The second-order valence-electron chi connectivity index (χ2n) is 8.09. The van der Waals surface area contributed by atoms with Crippen LogP contribution >= 0.6 is 11.3 Å². The van der Waals surface area contributed by atoms with Crippen molar-refractivity contribution in [2.24, 2.45) is 17.6 Å². The molecular formula is C24H39N3OS. The summed E-state index contributed by atoms with van der Waals surface area (Å²) in [6.45, 7) is 11.3. The summed E-state index contributed by atoms with van der Waals surface area (Å²) in [6.07, 6.45) is 8.49. The number of aryl methyl sites for hydroxylation is 1. The van der Waals surface area contributed by atoms with E-state index < -0.39 is 0 Å². The molecule has 2 aromatic rings. The maximum Gasteiger partial charge on any atom is 0.239 e. The number of benzene rings is 1. The van der Waals surface area contributed by atoms with Crippen LogP contribution < -0.4 is 11.1 Å². The Morgan fingerprint density at radius 3 is 2.55 bits per heavy atom. The first-order chi connectivity index (χ1) is 13.9. The van der Waals surface area contributed by atoms with Gasteiger partial charge in [-0.1, -0.05) is 83.6 Å². The monoisotopic (exact) mass is 417 g/mol. The number of hydrogen-bond acceptors (Lipinski definition) is 4. The highest BCUT2D eigenvalue weighted by atomic mass is 32.1. The molecule has 0 aliphatic rings. The second kappa shape index (κ2) is 14.3. The summed E-state index contributed by atoms with van der Waals surface area (Å²) in [4.78, 5) is 15.5. The lowest BCUT2D eigenvalue weighted by Gasteiger charge is -2.17. The van der Waals surface area contributed by atoms with Gasteiger partial charge in [-0.2, -0.15) is 0 Å². The van der Waals surface area contributed by atoms with Crippen molar-refractivity contribution in [1.82, 2.24) is 4.98 Å². The zero-order valence-corrected chi connectivity index (χ0v) is 19.6. The normalized spacial score (nSPS) is 11.7. The zero-order valence-electron chi connectivity index (χ0n) is 18.8. The Kier molecular flexibility index (Phi) is 12.5. The van der Waals surface area contributed by atoms with Crippen LogP contribution in [0.4, 0.5) is 5.13 Å². The number of thiazole rings is 1. The van der Waals surface area contributed by atoms with E-state index in [1.807, 2.05) is 30.5 Å². The Hall–Kier alpha value is -1.72. The van der Waals surface area contributed by atoms with Gasteiger partial charge in [-0.15, -0.1) is 11.3 Å². The fourth-order valence-electron chi connectivity index (χ4n) is 3.39. The molecule has 0 saturated heterocycles. The lowest BCUT2D eigenvalue weighted by molar-refractivity contribution is -0.114. The molecule has 0 aliphatic heterocycles. The van der Waals surface area contributed by atoms with E-state index in [0.717, 1.165) is 23.1 Å². The van der Waals surface area contributed by atoms with Gasteiger partial charge in [0.25, 0.3) is 0 Å². The summed E-state index contributed by atoms with van der Waals surface area (Å²) in [5.74, 6) is 1.67. The van der Waals surface area contributed by atoms with E-state index in [0.29, 0.717) is 5.13 Å². The average molecular weight is 418 g/mol. The Morgan fingerprint density at radius 1 is 1.21 bits per heavy atom. The number of amides is 1. The van der Waals surface area contributed by atoms with Crippen molar-refractivity contribution < 1.29 is 4.79 Å². The van der Waals surface area contributed by atoms with Gasteiger partial charge in [0, 0.05) is 10.9 Å². The summed E-state index contributed by atoms with van der Waals surface area (Å²) in [7, 11) is 0. The number of carbonyl (C=O) groups is 1. The van der Waals surface area contributed by atoms with Crippen LogP contribution in [0.5, 0.6) is 0 Å². The number of rotatable bonds is 10. The van der Waals surface area contributed by atoms with Gasteiger partial charge >= 0.3 is 0 Å². The van der Waals surface area contributed by atoms with Gasteiger partial charge in [-0.3, -0.25) is 4.79 Å². The Labute approximate surface area is 181 Å². The zero-order chi connectivity index (χ0) is 21.6. The highest BCUT2D eigenvalue weighted by molar-refractivity contribution is 7.14. The highest BCUT2D eigenvalue weighted by Gasteiger charge is 2.09. The van der Waals surface area contributed by atoms with Gasteiger partial charge in [0.2, 0.25) is 5.91 Å². The van der Waals surface area contributed by atoms with E-state index >= 15 is 0 Å². The van der Waals surface area contributed by atoms with Crippen molar-refractivity contribution in [3.63, 3.8) is 0 Å². The molecule has 1 atom stereocenters. The first kappa shape index (κ1) is 25.3. The molecule has 0 fully saturated rings. The van der Waals surface area contributed by atoms with Crippen molar-refractivity contribution in [2.75, 3.05) is 11.9 Å². The predicted octanol–water partition coefficient (Wildman–Crippen LogP) is 6.65. The summed E-state index contributed by atoms with van der Waals surface area (Å²) in [5, 5.41) is 5.14. The quantitative estimate of drug-likeness (QED) is 0.454. The van der Waals surface area contributed by atoms with Crippen LogP contribution in [-0.2, 0) is 4.79 Å². The molecule has 4 nitrogen and oxygen atoms in total. The first-order valence-corrected chi connectivity index (χ1v) is 11.8. The Balaban J connectivity index is 0.000000311. The lowest BCUT2D eigenvalue weighted by atomic mass is 9.89. The molecule has 162 valence electrons. The molecule has 1 aromatic heterocycles. The summed E-state index contributed by atoms with van der Waals surface area (Å²) in [5.41, 5.74) is 8.32. The van der Waals surface area contributed by atoms with Crippen molar-refractivity contribution in [3.05, 3.63) is 35.2 Å². The minimum atomic E-state index is -0.227. The molecule has 0 bridgehead atoms. The molecule has 0 aliphatic carbocycles. The molecule has 5 heteroatoms. The van der Waals surface area contributed by atoms with Crippen molar-refractivity contribution in [3.8, 4) is 11.3 Å². The van der Waals surface area contributed by atoms with Crippen molar-refractivity contribution >= 4 is 22.4 Å². The van der Waals surface area contributed by atoms with Gasteiger partial charge in [-0.05, 0) is 31.2 Å². The molecule has 2 rings (SSSR count). The number of carbonyl (C=O) groups excluding carboxylic acids is 1. The third kappa shape index (κ3) is 10.6. The lowest BCUT2D eigenvalue weighted by Crippen LogP contribution is -2.21. The minimum absolute atomic E-state index is 0.0284. The molecule has 0 radical (unpaired) electrons. The maximum absolute atomic E-state index is 11.1. The maximum atomic E-state index is 11.1. The minimum Gasteiger partial charge on any atom is -0.322 e. The van der Waals surface area contributed by atoms with E-state index in [1.165, 1.54) is 55.4 Å². The summed E-state index contributed by atoms with van der Waals surface area (Å²) >= 11 is 1.40. The molecule has 0 spiro atoms. The van der Waals surface area contributed by atoms with Crippen LogP contribution in [-0.4, -0.2) is 17.4 Å². The van der Waals surface area contributed by atoms with Crippen LogP contribution in [0.2, 0.25) is 0 Å². The van der Waals surface area contributed by atoms with E-state index in [4.69, 9.17) is 5.73 Å². The van der Waals surface area contributed by atoms with Crippen LogP contribution in [0.25, 0.3) is 11.3 Å². The summed E-state index contributed by atoms with van der Waals surface area (Å²) < 4.78 is 0. The molecule has 0 saturated carbocycles. The fourth-order valence-corrected chi connectivity index (χ4v) is 4.12. The van der Waals surface area contributed by atoms with Crippen LogP contribution in [0.15, 0.2) is 29.6 Å². The SMILES string of the molecule is CCCCC(CCC)CC(C)C.Cc1cccc(-c2csc(NC(=O)CN)n2)c1. The third-order valence-electron chi connectivity index (χ3n) is 4.72. The molecule has 3 N–H and O–H groups in total. The number of nitrogens with one attached hydrogen (secondary N) is 1. The van der Waals surface area contributed by atoms with Crippen LogP contribution in [0.3, 0.4) is 0 Å². The number of anilines is 1. The largest absolute Gasteiger partial charge is 0.322 e. The molecule has 1 heterocycles.